The van der Waals surface area contributed by atoms with Crippen LogP contribution in [0.25, 0.3) is 17.4 Å². The Morgan fingerprint density at radius 3 is 2.47 bits per heavy atom. The maximum absolute atomic E-state index is 12.5. The highest BCUT2D eigenvalue weighted by Crippen LogP contribution is 2.32. The molecule has 0 aliphatic carbocycles. The number of anilines is 1. The molecule has 172 valence electrons. The van der Waals surface area contributed by atoms with Gasteiger partial charge in [0.05, 0.1) is 9.83 Å². The lowest BCUT2D eigenvalue weighted by Crippen LogP contribution is -2.47. The van der Waals surface area contributed by atoms with Gasteiger partial charge in [0.25, 0.3) is 11.6 Å². The second kappa shape index (κ2) is 9.18. The fourth-order valence-corrected chi connectivity index (χ4v) is 4.92. The van der Waals surface area contributed by atoms with Crippen LogP contribution < -0.4 is 4.90 Å². The molecule has 2 aliphatic heterocycles. The van der Waals surface area contributed by atoms with Crippen LogP contribution in [-0.2, 0) is 4.79 Å². The van der Waals surface area contributed by atoms with E-state index in [1.165, 1.54) is 35.1 Å². The van der Waals surface area contributed by atoms with Gasteiger partial charge in [0, 0.05) is 55.6 Å². The molecule has 8 nitrogen and oxygen atoms in total. The molecule has 1 aromatic heterocycles. The predicted octanol–water partition coefficient (Wildman–Crippen LogP) is 4.96. The van der Waals surface area contributed by atoms with Crippen molar-refractivity contribution in [2.75, 3.05) is 31.1 Å². The van der Waals surface area contributed by atoms with E-state index in [2.05, 4.69) is 46.0 Å². The molecule has 0 spiro atoms. The second-order valence-electron chi connectivity index (χ2n) is 8.13. The number of aliphatic imine (C=N–C) groups is 1. The smallest absolute Gasteiger partial charge is 0.286 e. The lowest BCUT2D eigenvalue weighted by molar-refractivity contribution is -0.384. The first-order valence-corrected chi connectivity index (χ1v) is 11.7. The third-order valence-electron chi connectivity index (χ3n) is 5.79. The molecule has 3 aromatic rings. The quantitative estimate of drug-likeness (QED) is 0.300. The molecule has 1 saturated heterocycles. The van der Waals surface area contributed by atoms with Gasteiger partial charge in [-0.05, 0) is 60.6 Å². The number of carbonyl (C=O) groups excluding carboxylic acids is 1. The number of furan rings is 1. The Hall–Kier alpha value is -3.85. The Morgan fingerprint density at radius 2 is 1.76 bits per heavy atom. The molecule has 0 radical (unpaired) electrons. The Kier molecular flexibility index (Phi) is 5.93. The van der Waals surface area contributed by atoms with Crippen LogP contribution in [0.4, 0.5) is 11.4 Å². The second-order valence-corrected chi connectivity index (χ2v) is 9.14. The summed E-state index contributed by atoms with van der Waals surface area (Å²) in [5, 5.41) is 11.6. The zero-order valence-electron chi connectivity index (χ0n) is 18.5. The highest BCUT2D eigenvalue weighted by Gasteiger charge is 2.29. The average molecular weight is 475 g/mol. The molecule has 1 fully saturated rings. The Labute approximate surface area is 200 Å². The van der Waals surface area contributed by atoms with E-state index < -0.39 is 4.92 Å². The summed E-state index contributed by atoms with van der Waals surface area (Å²) in [5.41, 5.74) is 3.21. The molecular formula is C25H22N4O4S. The van der Waals surface area contributed by atoms with Gasteiger partial charge in [0.2, 0.25) is 0 Å². The normalized spacial score (nSPS) is 17.4. The molecule has 34 heavy (non-hydrogen) atoms. The zero-order valence-corrected chi connectivity index (χ0v) is 19.3. The minimum Gasteiger partial charge on any atom is -0.457 e. The lowest BCUT2D eigenvalue weighted by atomic mass is 10.1. The van der Waals surface area contributed by atoms with E-state index in [9.17, 15) is 14.9 Å². The highest BCUT2D eigenvalue weighted by atomic mass is 32.2. The molecule has 1 amide bonds. The van der Waals surface area contributed by atoms with E-state index in [0.29, 0.717) is 16.4 Å². The van der Waals surface area contributed by atoms with Crippen molar-refractivity contribution in [3.8, 4) is 11.3 Å². The van der Waals surface area contributed by atoms with Crippen LogP contribution in [0.2, 0.25) is 0 Å². The van der Waals surface area contributed by atoms with E-state index in [1.54, 1.807) is 30.3 Å². The fraction of sp³-hybridized carbons (Fsp3) is 0.200. The van der Waals surface area contributed by atoms with Crippen molar-refractivity contribution in [3.05, 3.63) is 87.0 Å². The largest absolute Gasteiger partial charge is 0.457 e. The molecule has 0 bridgehead atoms. The SMILES string of the molecule is Cc1cccc(N2CCN(C3=NC(=O)/C(=C\c4ccc(-c5ccc([N+](=O)[O-])cc5)o4)S3)CC2)c1. The number of hydrogen-bond donors (Lipinski definition) is 0. The third-order valence-corrected chi connectivity index (χ3v) is 6.83. The summed E-state index contributed by atoms with van der Waals surface area (Å²) in [7, 11) is 0. The van der Waals surface area contributed by atoms with Crippen molar-refractivity contribution < 1.29 is 14.1 Å². The summed E-state index contributed by atoms with van der Waals surface area (Å²) in [5.74, 6) is 0.838. The fourth-order valence-electron chi connectivity index (χ4n) is 3.98. The van der Waals surface area contributed by atoms with Crippen LogP contribution in [0, 0.1) is 17.0 Å². The molecule has 3 heterocycles. The molecule has 0 unspecified atom stereocenters. The monoisotopic (exact) mass is 474 g/mol. The van der Waals surface area contributed by atoms with Crippen molar-refractivity contribution in [2.45, 2.75) is 6.92 Å². The van der Waals surface area contributed by atoms with Crippen molar-refractivity contribution >= 4 is 40.3 Å². The molecule has 0 N–H and O–H groups in total. The van der Waals surface area contributed by atoms with Crippen LogP contribution in [0.3, 0.4) is 0 Å². The number of aryl methyl sites for hydroxylation is 1. The first-order valence-electron chi connectivity index (χ1n) is 10.9. The van der Waals surface area contributed by atoms with Gasteiger partial charge < -0.3 is 14.2 Å². The highest BCUT2D eigenvalue weighted by molar-refractivity contribution is 8.18. The number of rotatable bonds is 4. The van der Waals surface area contributed by atoms with Gasteiger partial charge in [-0.25, -0.2) is 0 Å². The van der Waals surface area contributed by atoms with Gasteiger partial charge in [0.15, 0.2) is 5.17 Å². The number of carbonyl (C=O) groups is 1. The third kappa shape index (κ3) is 4.60. The van der Waals surface area contributed by atoms with Crippen molar-refractivity contribution in [1.82, 2.24) is 4.90 Å². The minimum absolute atomic E-state index is 0.0231. The standard InChI is InChI=1S/C25H22N4O4S/c1-17-3-2-4-20(15-17)27-11-13-28(14-12-27)25-26-24(30)23(34-25)16-21-9-10-22(33-21)18-5-7-19(8-6-18)29(31)32/h2-10,15-16H,11-14H2,1H3/b23-16+. The van der Waals surface area contributed by atoms with E-state index in [-0.39, 0.29) is 11.6 Å². The van der Waals surface area contributed by atoms with Crippen molar-refractivity contribution in [3.63, 3.8) is 0 Å². The molecule has 0 atom stereocenters. The molecule has 2 aromatic carbocycles. The summed E-state index contributed by atoms with van der Waals surface area (Å²) >= 11 is 1.36. The molecule has 5 rings (SSSR count). The number of nitrogens with zero attached hydrogens (tertiary/aromatic N) is 4. The predicted molar refractivity (Wildman–Crippen MR) is 134 cm³/mol. The summed E-state index contributed by atoms with van der Waals surface area (Å²) in [6.45, 7) is 5.42. The number of nitro benzene ring substituents is 1. The van der Waals surface area contributed by atoms with Gasteiger partial charge in [-0.15, -0.1) is 0 Å². The summed E-state index contributed by atoms with van der Waals surface area (Å²) in [6, 6.07) is 18.2. The van der Waals surface area contributed by atoms with Gasteiger partial charge in [0.1, 0.15) is 11.5 Å². The maximum atomic E-state index is 12.5. The van der Waals surface area contributed by atoms with Crippen molar-refractivity contribution in [1.29, 1.82) is 0 Å². The molecular weight excluding hydrogens is 452 g/mol. The Bertz CT molecular complexity index is 1300. The van der Waals surface area contributed by atoms with E-state index in [1.807, 2.05) is 0 Å². The number of hydrogen-bond acceptors (Lipinski definition) is 7. The number of thioether (sulfide) groups is 1. The topological polar surface area (TPSA) is 92.2 Å². The summed E-state index contributed by atoms with van der Waals surface area (Å²) < 4.78 is 5.85. The zero-order chi connectivity index (χ0) is 23.7. The molecule has 2 aliphatic rings. The first-order chi connectivity index (χ1) is 16.5. The van der Waals surface area contributed by atoms with Gasteiger partial charge in [-0.1, -0.05) is 12.1 Å². The number of benzene rings is 2. The van der Waals surface area contributed by atoms with Gasteiger partial charge in [-0.2, -0.15) is 4.99 Å². The van der Waals surface area contributed by atoms with Crippen LogP contribution in [0.15, 0.2) is 75.0 Å². The van der Waals surface area contributed by atoms with Crippen LogP contribution >= 0.6 is 11.8 Å². The number of non-ortho nitro benzene ring substituents is 1. The summed E-state index contributed by atoms with van der Waals surface area (Å²) in [6.07, 6.45) is 1.70. The Balaban J connectivity index is 1.22. The first kappa shape index (κ1) is 22.0. The van der Waals surface area contributed by atoms with Gasteiger partial charge >= 0.3 is 0 Å². The molecule has 9 heteroatoms. The van der Waals surface area contributed by atoms with Crippen LogP contribution in [0.5, 0.6) is 0 Å². The number of amidine groups is 1. The lowest BCUT2D eigenvalue weighted by Gasteiger charge is -2.36. The van der Waals surface area contributed by atoms with Crippen molar-refractivity contribution in [2.24, 2.45) is 4.99 Å². The molecule has 0 saturated carbocycles. The van der Waals surface area contributed by atoms with Crippen LogP contribution in [-0.4, -0.2) is 47.1 Å². The van der Waals surface area contributed by atoms with E-state index >= 15 is 0 Å². The van der Waals surface area contributed by atoms with Crippen LogP contribution in [0.1, 0.15) is 11.3 Å². The van der Waals surface area contributed by atoms with E-state index in [0.717, 1.165) is 36.9 Å². The maximum Gasteiger partial charge on any atom is 0.286 e. The number of amides is 1. The Morgan fingerprint density at radius 1 is 1.03 bits per heavy atom. The number of nitro groups is 1. The van der Waals surface area contributed by atoms with Gasteiger partial charge in [-0.3, -0.25) is 14.9 Å². The minimum atomic E-state index is -0.440. The van der Waals surface area contributed by atoms with E-state index in [4.69, 9.17) is 4.42 Å². The summed E-state index contributed by atoms with van der Waals surface area (Å²) in [4.78, 5) is 32.2. The average Bonchev–Trinajstić information content (AvgIpc) is 3.46. The number of piperazine rings is 1.